The van der Waals surface area contributed by atoms with Crippen molar-refractivity contribution in [2.75, 3.05) is 26.2 Å². The number of alkyl halides is 5. The molecule has 1 atom stereocenters. The molecule has 1 aromatic rings. The molecule has 1 N–H and O–H groups in total. The van der Waals surface area contributed by atoms with Crippen LogP contribution in [0.5, 0.6) is 5.75 Å². The van der Waals surface area contributed by atoms with E-state index in [0.29, 0.717) is 13.1 Å². The van der Waals surface area contributed by atoms with E-state index in [1.54, 1.807) is 0 Å². The molecule has 1 fully saturated rings. The number of hydrogen-bond donors (Lipinski definition) is 1. The Morgan fingerprint density at radius 2 is 1.68 bits per heavy atom. The minimum absolute atomic E-state index is 0. The molecular weight excluding hydrogens is 331 g/mol. The maximum absolute atomic E-state index is 13.4. The van der Waals surface area contributed by atoms with E-state index < -0.39 is 24.6 Å². The monoisotopic (exact) mass is 346 g/mol. The molecule has 1 aromatic carbocycles. The maximum atomic E-state index is 13.4. The lowest BCUT2D eigenvalue weighted by Crippen LogP contribution is -2.49. The third-order valence-electron chi connectivity index (χ3n) is 3.26. The van der Waals surface area contributed by atoms with E-state index in [9.17, 15) is 22.0 Å². The Balaban J connectivity index is 0.00000242. The van der Waals surface area contributed by atoms with Crippen LogP contribution in [0, 0.1) is 0 Å². The molecule has 1 heterocycles. The zero-order valence-corrected chi connectivity index (χ0v) is 12.3. The zero-order valence-electron chi connectivity index (χ0n) is 11.4. The van der Waals surface area contributed by atoms with E-state index in [4.69, 9.17) is 0 Å². The lowest BCUT2D eigenvalue weighted by Gasteiger charge is -2.36. The second-order valence-corrected chi connectivity index (χ2v) is 4.65. The molecule has 22 heavy (non-hydrogen) atoms. The molecule has 0 radical (unpaired) electrons. The third kappa shape index (κ3) is 4.69. The van der Waals surface area contributed by atoms with Crippen LogP contribution >= 0.6 is 12.4 Å². The van der Waals surface area contributed by atoms with Gasteiger partial charge in [0.25, 0.3) is 0 Å². The lowest BCUT2D eigenvalue weighted by atomic mass is 10.0. The molecule has 1 aliphatic rings. The van der Waals surface area contributed by atoms with Crippen molar-refractivity contribution in [2.45, 2.75) is 18.8 Å². The summed E-state index contributed by atoms with van der Waals surface area (Å²) in [5.74, 6) is -0.437. The van der Waals surface area contributed by atoms with Gasteiger partial charge in [-0.2, -0.15) is 22.0 Å². The van der Waals surface area contributed by atoms with Crippen LogP contribution in [0.4, 0.5) is 22.0 Å². The summed E-state index contributed by atoms with van der Waals surface area (Å²) in [6.45, 7) is -1.95. The first-order valence-corrected chi connectivity index (χ1v) is 6.45. The van der Waals surface area contributed by atoms with Gasteiger partial charge >= 0.3 is 12.8 Å². The van der Waals surface area contributed by atoms with Crippen LogP contribution in [0.15, 0.2) is 24.3 Å². The number of hydrogen-bond acceptors (Lipinski definition) is 3. The molecule has 0 spiro atoms. The molecule has 0 aliphatic carbocycles. The molecule has 1 saturated heterocycles. The van der Waals surface area contributed by atoms with Crippen LogP contribution in [0.2, 0.25) is 0 Å². The van der Waals surface area contributed by atoms with Crippen LogP contribution in [0.1, 0.15) is 11.6 Å². The first-order chi connectivity index (χ1) is 9.89. The van der Waals surface area contributed by atoms with Crippen molar-refractivity contribution in [3.63, 3.8) is 0 Å². The van der Waals surface area contributed by atoms with Gasteiger partial charge in [-0.25, -0.2) is 0 Å². The molecule has 0 saturated carbocycles. The van der Waals surface area contributed by atoms with Crippen LogP contribution in [-0.2, 0) is 0 Å². The quantitative estimate of drug-likeness (QED) is 0.847. The summed E-state index contributed by atoms with van der Waals surface area (Å²) in [7, 11) is 0. The summed E-state index contributed by atoms with van der Waals surface area (Å²) in [4.78, 5) is 1.23. The molecule has 2 rings (SSSR count). The Bertz CT molecular complexity index is 466. The minimum Gasteiger partial charge on any atom is -0.434 e. The molecule has 1 aliphatic heterocycles. The number of para-hydroxylation sites is 1. The SMILES string of the molecule is Cl.FC(F)Oc1ccccc1[C@@H](N1CCNCC1)C(F)(F)F. The van der Waals surface area contributed by atoms with Gasteiger partial charge in [0, 0.05) is 31.7 Å². The van der Waals surface area contributed by atoms with Gasteiger partial charge in [-0.1, -0.05) is 18.2 Å². The minimum atomic E-state index is -4.57. The third-order valence-corrected chi connectivity index (χ3v) is 3.26. The Kier molecular flexibility index (Phi) is 6.83. The predicted octanol–water partition coefficient (Wildman–Crippen LogP) is 3.22. The van der Waals surface area contributed by atoms with Crippen molar-refractivity contribution in [3.8, 4) is 5.75 Å². The topological polar surface area (TPSA) is 24.5 Å². The largest absolute Gasteiger partial charge is 0.434 e. The van der Waals surface area contributed by atoms with Gasteiger partial charge in [0.1, 0.15) is 11.8 Å². The van der Waals surface area contributed by atoms with E-state index in [-0.39, 0.29) is 31.1 Å². The number of ether oxygens (including phenoxy) is 1. The Morgan fingerprint density at radius 1 is 1.09 bits per heavy atom. The molecule has 0 aromatic heterocycles. The highest BCUT2D eigenvalue weighted by Gasteiger charge is 2.46. The summed E-state index contributed by atoms with van der Waals surface area (Å²) in [6.07, 6.45) is -4.57. The normalized spacial score (nSPS) is 17.9. The summed E-state index contributed by atoms with van der Waals surface area (Å²) in [5, 5.41) is 2.96. The Morgan fingerprint density at radius 3 is 2.23 bits per heavy atom. The Labute approximate surface area is 130 Å². The van der Waals surface area contributed by atoms with E-state index >= 15 is 0 Å². The number of piperazine rings is 1. The van der Waals surface area contributed by atoms with Gasteiger partial charge < -0.3 is 10.1 Å². The molecule has 0 unspecified atom stereocenters. The highest BCUT2D eigenvalue weighted by molar-refractivity contribution is 5.85. The first kappa shape index (κ1) is 18.9. The van der Waals surface area contributed by atoms with Crippen molar-refractivity contribution < 1.29 is 26.7 Å². The van der Waals surface area contributed by atoms with Crippen molar-refractivity contribution in [1.82, 2.24) is 10.2 Å². The molecule has 126 valence electrons. The van der Waals surface area contributed by atoms with Gasteiger partial charge in [0.15, 0.2) is 0 Å². The average Bonchev–Trinajstić information content (AvgIpc) is 2.40. The second kappa shape index (κ2) is 7.94. The number of halogens is 6. The van der Waals surface area contributed by atoms with Gasteiger partial charge in [-0.15, -0.1) is 12.4 Å². The lowest BCUT2D eigenvalue weighted by molar-refractivity contribution is -0.188. The Hall–Kier alpha value is -1.12. The summed E-state index contributed by atoms with van der Waals surface area (Å²) in [6, 6.07) is 3.11. The molecule has 0 amide bonds. The van der Waals surface area contributed by atoms with Crippen LogP contribution in [-0.4, -0.2) is 43.9 Å². The van der Waals surface area contributed by atoms with Gasteiger partial charge in [-0.05, 0) is 6.07 Å². The average molecular weight is 347 g/mol. The van der Waals surface area contributed by atoms with Gasteiger partial charge in [-0.3, -0.25) is 4.90 Å². The highest BCUT2D eigenvalue weighted by Crippen LogP contribution is 2.41. The van der Waals surface area contributed by atoms with Gasteiger partial charge in [0.05, 0.1) is 0 Å². The molecular formula is C13H16ClF5N2O. The first-order valence-electron chi connectivity index (χ1n) is 6.45. The number of benzene rings is 1. The summed E-state index contributed by atoms with van der Waals surface area (Å²) < 4.78 is 69.2. The van der Waals surface area contributed by atoms with Gasteiger partial charge in [0.2, 0.25) is 0 Å². The van der Waals surface area contributed by atoms with Crippen LogP contribution in [0.25, 0.3) is 0 Å². The highest BCUT2D eigenvalue weighted by atomic mass is 35.5. The van der Waals surface area contributed by atoms with Crippen molar-refractivity contribution in [3.05, 3.63) is 29.8 Å². The van der Waals surface area contributed by atoms with Crippen LogP contribution in [0.3, 0.4) is 0 Å². The second-order valence-electron chi connectivity index (χ2n) is 4.65. The van der Waals surface area contributed by atoms with E-state index in [0.717, 1.165) is 6.07 Å². The standard InChI is InChI=1S/C13H15F5N2O.ClH/c14-12(15)21-10-4-2-1-3-9(10)11(13(16,17)18)20-7-5-19-6-8-20;/h1-4,11-12,19H,5-8H2;1H/t11-;/m1./s1. The van der Waals surface area contributed by atoms with E-state index in [1.807, 2.05) is 0 Å². The molecule has 9 heteroatoms. The fourth-order valence-corrected chi connectivity index (χ4v) is 2.43. The summed E-state index contributed by atoms with van der Waals surface area (Å²) in [5.41, 5.74) is -0.285. The van der Waals surface area contributed by atoms with E-state index in [2.05, 4.69) is 10.1 Å². The fraction of sp³-hybridized carbons (Fsp3) is 0.538. The fourth-order valence-electron chi connectivity index (χ4n) is 2.43. The predicted molar refractivity (Wildman–Crippen MR) is 73.6 cm³/mol. The zero-order chi connectivity index (χ0) is 15.5. The molecule has 0 bridgehead atoms. The van der Waals surface area contributed by atoms with Crippen molar-refractivity contribution >= 4 is 12.4 Å². The molecule has 3 nitrogen and oxygen atoms in total. The maximum Gasteiger partial charge on any atom is 0.408 e. The van der Waals surface area contributed by atoms with Crippen molar-refractivity contribution in [2.24, 2.45) is 0 Å². The van der Waals surface area contributed by atoms with Crippen molar-refractivity contribution in [1.29, 1.82) is 0 Å². The number of nitrogens with zero attached hydrogens (tertiary/aromatic N) is 1. The smallest absolute Gasteiger partial charge is 0.408 e. The van der Waals surface area contributed by atoms with E-state index in [1.165, 1.54) is 23.1 Å². The number of nitrogens with one attached hydrogen (secondary N) is 1. The summed E-state index contributed by atoms with van der Waals surface area (Å²) >= 11 is 0. The van der Waals surface area contributed by atoms with Crippen LogP contribution < -0.4 is 10.1 Å². The number of rotatable bonds is 4.